The Bertz CT molecular complexity index is 863. The van der Waals surface area contributed by atoms with Crippen LogP contribution in [0, 0.1) is 6.92 Å². The van der Waals surface area contributed by atoms with Crippen LogP contribution in [-0.2, 0) is 0 Å². The van der Waals surface area contributed by atoms with Gasteiger partial charge < -0.3 is 4.57 Å². The molecular weight excluding hydrogens is 272 g/mol. The summed E-state index contributed by atoms with van der Waals surface area (Å²) in [4.78, 5) is 17.0. The number of carbonyl (C=O) groups excluding carboxylic acids is 1. The third-order valence-electron chi connectivity index (χ3n) is 4.42. The van der Waals surface area contributed by atoms with Crippen LogP contribution in [0.15, 0.2) is 61.1 Å². The van der Waals surface area contributed by atoms with E-state index in [1.54, 1.807) is 0 Å². The fourth-order valence-corrected chi connectivity index (χ4v) is 3.31. The molecule has 2 heterocycles. The summed E-state index contributed by atoms with van der Waals surface area (Å²) in [6, 6.07) is 16.1. The lowest BCUT2D eigenvalue weighted by molar-refractivity contribution is 0.0970. The van der Waals surface area contributed by atoms with Gasteiger partial charge in [-0.3, -0.25) is 4.79 Å². The molecule has 3 aromatic rings. The summed E-state index contributed by atoms with van der Waals surface area (Å²) in [7, 11) is 0. The molecule has 0 saturated heterocycles. The van der Waals surface area contributed by atoms with Gasteiger partial charge in [0, 0.05) is 17.5 Å². The summed E-state index contributed by atoms with van der Waals surface area (Å²) in [6.07, 6.45) is 4.16. The van der Waals surface area contributed by atoms with Crippen molar-refractivity contribution in [1.82, 2.24) is 9.55 Å². The van der Waals surface area contributed by atoms with Crippen molar-refractivity contribution in [3.05, 3.63) is 77.7 Å². The first-order valence-corrected chi connectivity index (χ1v) is 7.45. The Morgan fingerprint density at radius 1 is 1.14 bits per heavy atom. The summed E-state index contributed by atoms with van der Waals surface area (Å²) in [5.74, 6) is 0.180. The number of hydrogen-bond acceptors (Lipinski definition) is 2. The Kier molecular flexibility index (Phi) is 2.93. The normalized spacial score (nSPS) is 15.4. The lowest BCUT2D eigenvalue weighted by Crippen LogP contribution is -2.12. The molecule has 108 valence electrons. The molecule has 0 N–H and O–H groups in total. The quantitative estimate of drug-likeness (QED) is 0.682. The number of aromatic nitrogens is 2. The number of carbonyl (C=O) groups is 1. The smallest absolute Gasteiger partial charge is 0.165 e. The predicted octanol–water partition coefficient (Wildman–Crippen LogP) is 4.03. The maximum Gasteiger partial charge on any atom is 0.165 e. The maximum absolute atomic E-state index is 12.7. The number of aryl methyl sites for hydroxylation is 1. The molecule has 1 unspecified atom stereocenters. The second-order valence-electron chi connectivity index (χ2n) is 5.73. The molecule has 0 spiro atoms. The van der Waals surface area contributed by atoms with Gasteiger partial charge in [-0.1, -0.05) is 48.5 Å². The van der Waals surface area contributed by atoms with Crippen molar-refractivity contribution >= 4 is 5.78 Å². The molecule has 2 aromatic carbocycles. The lowest BCUT2D eigenvalue weighted by atomic mass is 9.95. The Morgan fingerprint density at radius 2 is 1.91 bits per heavy atom. The average Bonchev–Trinajstić information content (AvgIpc) is 3.11. The molecule has 22 heavy (non-hydrogen) atoms. The zero-order chi connectivity index (χ0) is 15.1. The van der Waals surface area contributed by atoms with Gasteiger partial charge in [0.15, 0.2) is 5.78 Å². The van der Waals surface area contributed by atoms with Crippen LogP contribution in [0.5, 0.6) is 0 Å². The minimum Gasteiger partial charge on any atom is -0.322 e. The van der Waals surface area contributed by atoms with Crippen LogP contribution in [0.2, 0.25) is 0 Å². The van der Waals surface area contributed by atoms with E-state index in [4.69, 9.17) is 0 Å². The highest BCUT2D eigenvalue weighted by Gasteiger charge is 2.30. The van der Waals surface area contributed by atoms with Crippen molar-refractivity contribution in [3.8, 4) is 11.3 Å². The first kappa shape index (κ1) is 13.0. The SMILES string of the molecule is Cc1ccccc1C(=O)CC1c2ccccc2-c2cncn21. The zero-order valence-corrected chi connectivity index (χ0v) is 12.4. The monoisotopic (exact) mass is 288 g/mol. The van der Waals surface area contributed by atoms with Gasteiger partial charge in [-0.25, -0.2) is 4.98 Å². The van der Waals surface area contributed by atoms with Gasteiger partial charge in [0.05, 0.1) is 24.3 Å². The topological polar surface area (TPSA) is 34.9 Å². The van der Waals surface area contributed by atoms with Crippen LogP contribution in [0.4, 0.5) is 0 Å². The Hall–Kier alpha value is -2.68. The van der Waals surface area contributed by atoms with Gasteiger partial charge >= 0.3 is 0 Å². The maximum atomic E-state index is 12.7. The molecule has 1 atom stereocenters. The number of ketones is 1. The van der Waals surface area contributed by atoms with E-state index in [-0.39, 0.29) is 11.8 Å². The number of hydrogen-bond donors (Lipinski definition) is 0. The van der Waals surface area contributed by atoms with E-state index in [9.17, 15) is 4.79 Å². The van der Waals surface area contributed by atoms with Crippen LogP contribution in [0.3, 0.4) is 0 Å². The highest BCUT2D eigenvalue weighted by molar-refractivity contribution is 5.98. The van der Waals surface area contributed by atoms with Crippen molar-refractivity contribution < 1.29 is 4.79 Å². The van der Waals surface area contributed by atoms with Crippen molar-refractivity contribution in [2.75, 3.05) is 0 Å². The first-order valence-electron chi connectivity index (χ1n) is 7.45. The van der Waals surface area contributed by atoms with Gasteiger partial charge in [-0.05, 0) is 18.1 Å². The van der Waals surface area contributed by atoms with E-state index in [0.717, 1.165) is 16.8 Å². The van der Waals surface area contributed by atoms with Gasteiger partial charge in [-0.2, -0.15) is 0 Å². The Morgan fingerprint density at radius 3 is 2.77 bits per heavy atom. The summed E-state index contributed by atoms with van der Waals surface area (Å²) >= 11 is 0. The standard InChI is InChI=1S/C19H16N2O/c1-13-6-2-3-7-14(13)19(22)10-17-15-8-4-5-9-16(15)18-11-20-12-21(17)18/h2-9,11-12,17H,10H2,1H3. The van der Waals surface area contributed by atoms with Gasteiger partial charge in [0.2, 0.25) is 0 Å². The number of nitrogens with zero attached hydrogens (tertiary/aromatic N) is 2. The van der Waals surface area contributed by atoms with E-state index in [2.05, 4.69) is 21.7 Å². The van der Waals surface area contributed by atoms with Crippen LogP contribution in [0.1, 0.15) is 33.9 Å². The molecule has 3 nitrogen and oxygen atoms in total. The highest BCUT2D eigenvalue weighted by atomic mass is 16.1. The zero-order valence-electron chi connectivity index (χ0n) is 12.4. The van der Waals surface area contributed by atoms with E-state index in [0.29, 0.717) is 6.42 Å². The fourth-order valence-electron chi connectivity index (χ4n) is 3.31. The molecule has 0 fully saturated rings. The molecule has 4 rings (SSSR count). The third-order valence-corrected chi connectivity index (χ3v) is 4.42. The lowest BCUT2D eigenvalue weighted by Gasteiger charge is -2.14. The minimum absolute atomic E-state index is 0.0424. The second kappa shape index (κ2) is 4.95. The first-order chi connectivity index (χ1) is 10.8. The van der Waals surface area contributed by atoms with Crippen LogP contribution in [-0.4, -0.2) is 15.3 Å². The molecule has 1 aromatic heterocycles. The summed E-state index contributed by atoms with van der Waals surface area (Å²) < 4.78 is 2.11. The second-order valence-corrected chi connectivity index (χ2v) is 5.73. The molecule has 0 bridgehead atoms. The van der Waals surface area contributed by atoms with E-state index < -0.39 is 0 Å². The van der Waals surface area contributed by atoms with Crippen LogP contribution >= 0.6 is 0 Å². The largest absolute Gasteiger partial charge is 0.322 e. The van der Waals surface area contributed by atoms with Crippen molar-refractivity contribution in [2.45, 2.75) is 19.4 Å². The average molecular weight is 288 g/mol. The van der Waals surface area contributed by atoms with E-state index >= 15 is 0 Å². The summed E-state index contributed by atoms with van der Waals surface area (Å²) in [5, 5.41) is 0. The van der Waals surface area contributed by atoms with Gasteiger partial charge in [-0.15, -0.1) is 0 Å². The molecule has 1 aliphatic rings. The number of Topliss-reactive ketones (excluding diaryl/α,β-unsaturated/α-hetero) is 1. The fraction of sp³-hybridized carbons (Fsp3) is 0.158. The number of fused-ring (bicyclic) bond motifs is 3. The van der Waals surface area contributed by atoms with Gasteiger partial charge in [0.1, 0.15) is 0 Å². The number of imidazole rings is 1. The van der Waals surface area contributed by atoms with Gasteiger partial charge in [0.25, 0.3) is 0 Å². The molecular formula is C19H16N2O. The van der Waals surface area contributed by atoms with Crippen molar-refractivity contribution in [3.63, 3.8) is 0 Å². The summed E-state index contributed by atoms with van der Waals surface area (Å²) in [5.41, 5.74) is 5.33. The van der Waals surface area contributed by atoms with Crippen LogP contribution < -0.4 is 0 Å². The van der Waals surface area contributed by atoms with Crippen molar-refractivity contribution in [2.24, 2.45) is 0 Å². The highest BCUT2D eigenvalue weighted by Crippen LogP contribution is 2.41. The third kappa shape index (κ3) is 1.90. The molecule has 0 aliphatic carbocycles. The molecule has 0 saturated carbocycles. The van der Waals surface area contributed by atoms with Crippen LogP contribution in [0.25, 0.3) is 11.3 Å². The Balaban J connectivity index is 1.72. The molecule has 3 heteroatoms. The minimum atomic E-state index is 0.0424. The number of benzene rings is 2. The predicted molar refractivity (Wildman–Crippen MR) is 85.9 cm³/mol. The Labute approximate surface area is 129 Å². The molecule has 0 amide bonds. The van der Waals surface area contributed by atoms with Crippen molar-refractivity contribution in [1.29, 1.82) is 0 Å². The number of rotatable bonds is 3. The van der Waals surface area contributed by atoms with E-state index in [1.807, 2.05) is 55.8 Å². The molecule has 0 radical (unpaired) electrons. The summed E-state index contributed by atoms with van der Waals surface area (Å²) in [6.45, 7) is 1.98. The molecule has 1 aliphatic heterocycles. The van der Waals surface area contributed by atoms with E-state index in [1.165, 1.54) is 11.1 Å².